The molecule has 0 aromatic carbocycles. The predicted molar refractivity (Wildman–Crippen MR) is 77.6 cm³/mol. The quantitative estimate of drug-likeness (QED) is 0.775. The van der Waals surface area contributed by atoms with Crippen LogP contribution in [0.5, 0.6) is 0 Å². The van der Waals surface area contributed by atoms with Gasteiger partial charge in [0, 0.05) is 36.8 Å². The molecule has 108 valence electrons. The third-order valence-corrected chi connectivity index (χ3v) is 3.53. The number of hydrogen-bond donors (Lipinski definition) is 2. The van der Waals surface area contributed by atoms with Crippen molar-refractivity contribution in [2.75, 3.05) is 13.1 Å². The van der Waals surface area contributed by atoms with Crippen molar-refractivity contribution in [3.05, 3.63) is 23.5 Å². The molecule has 2 aromatic heterocycles. The van der Waals surface area contributed by atoms with E-state index in [0.29, 0.717) is 13.1 Å². The maximum atomic E-state index is 11.7. The van der Waals surface area contributed by atoms with Crippen molar-refractivity contribution in [2.45, 2.75) is 20.3 Å². The normalized spacial score (nSPS) is 10.9. The van der Waals surface area contributed by atoms with Crippen molar-refractivity contribution < 1.29 is 9.59 Å². The summed E-state index contributed by atoms with van der Waals surface area (Å²) in [6.45, 7) is 4.54. The van der Waals surface area contributed by atoms with E-state index >= 15 is 0 Å². The highest BCUT2D eigenvalue weighted by molar-refractivity contribution is 7.15. The molecular weight excluding hydrogens is 276 g/mol. The molecule has 0 bridgehead atoms. The molecule has 7 heteroatoms. The van der Waals surface area contributed by atoms with Gasteiger partial charge < -0.3 is 10.6 Å². The summed E-state index contributed by atoms with van der Waals surface area (Å²) >= 11 is 1.54. The summed E-state index contributed by atoms with van der Waals surface area (Å²) < 4.78 is 1.90. The van der Waals surface area contributed by atoms with Gasteiger partial charge in [-0.15, -0.1) is 11.3 Å². The number of imidazole rings is 1. The molecule has 2 heterocycles. The Hall–Kier alpha value is -1.89. The Bertz CT molecular complexity index is 574. The van der Waals surface area contributed by atoms with Gasteiger partial charge in [0.05, 0.1) is 12.1 Å². The van der Waals surface area contributed by atoms with Crippen molar-refractivity contribution in [2.24, 2.45) is 5.92 Å². The first-order chi connectivity index (χ1) is 9.56. The monoisotopic (exact) mass is 294 g/mol. The van der Waals surface area contributed by atoms with E-state index in [9.17, 15) is 9.59 Å². The number of rotatable bonds is 6. The number of aromatic nitrogens is 2. The Morgan fingerprint density at radius 2 is 2.10 bits per heavy atom. The topological polar surface area (TPSA) is 75.5 Å². The largest absolute Gasteiger partial charge is 0.354 e. The zero-order valence-corrected chi connectivity index (χ0v) is 12.4. The minimum Gasteiger partial charge on any atom is -0.354 e. The fourth-order valence-electron chi connectivity index (χ4n) is 1.68. The van der Waals surface area contributed by atoms with Crippen LogP contribution in [0.25, 0.3) is 4.96 Å². The Kier molecular flexibility index (Phi) is 4.73. The van der Waals surface area contributed by atoms with Crippen LogP contribution in [0.15, 0.2) is 17.8 Å². The van der Waals surface area contributed by atoms with E-state index in [0.717, 1.165) is 10.7 Å². The smallest absolute Gasteiger partial charge is 0.226 e. The summed E-state index contributed by atoms with van der Waals surface area (Å²) in [6.07, 6.45) is 4.02. The first-order valence-electron chi connectivity index (χ1n) is 6.51. The van der Waals surface area contributed by atoms with E-state index in [1.165, 1.54) is 11.3 Å². The second kappa shape index (κ2) is 6.51. The molecular formula is C13H18N4O2S. The Labute approximate surface area is 121 Å². The van der Waals surface area contributed by atoms with Crippen LogP contribution in [0.2, 0.25) is 0 Å². The van der Waals surface area contributed by atoms with E-state index in [4.69, 9.17) is 0 Å². The summed E-state index contributed by atoms with van der Waals surface area (Å²) in [5.74, 6) is -0.132. The van der Waals surface area contributed by atoms with Crippen LogP contribution in [0.3, 0.4) is 0 Å². The molecule has 0 saturated heterocycles. The lowest BCUT2D eigenvalue weighted by molar-refractivity contribution is -0.124. The highest BCUT2D eigenvalue weighted by Gasteiger charge is 2.09. The van der Waals surface area contributed by atoms with E-state index < -0.39 is 0 Å². The van der Waals surface area contributed by atoms with Gasteiger partial charge in [-0.2, -0.15) is 0 Å². The van der Waals surface area contributed by atoms with Crippen LogP contribution in [0.1, 0.15) is 19.5 Å². The molecule has 0 unspecified atom stereocenters. The SMILES string of the molecule is CC(C)C(=O)NCCNC(=O)Cc1cn2ccsc2n1. The summed E-state index contributed by atoms with van der Waals surface area (Å²) in [4.78, 5) is 28.3. The van der Waals surface area contributed by atoms with Crippen molar-refractivity contribution in [3.8, 4) is 0 Å². The van der Waals surface area contributed by atoms with Gasteiger partial charge in [-0.25, -0.2) is 4.98 Å². The molecule has 2 N–H and O–H groups in total. The van der Waals surface area contributed by atoms with Gasteiger partial charge in [0.25, 0.3) is 0 Å². The van der Waals surface area contributed by atoms with Crippen molar-refractivity contribution in [1.82, 2.24) is 20.0 Å². The predicted octanol–water partition coefficient (Wildman–Crippen LogP) is 0.827. The van der Waals surface area contributed by atoms with E-state index in [2.05, 4.69) is 15.6 Å². The number of nitrogens with one attached hydrogen (secondary N) is 2. The fourth-order valence-corrected chi connectivity index (χ4v) is 2.40. The molecule has 0 atom stereocenters. The molecule has 2 rings (SSSR count). The lowest BCUT2D eigenvalue weighted by atomic mass is 10.2. The van der Waals surface area contributed by atoms with Gasteiger partial charge >= 0.3 is 0 Å². The Morgan fingerprint density at radius 3 is 2.80 bits per heavy atom. The number of amides is 2. The molecule has 0 aliphatic rings. The van der Waals surface area contributed by atoms with Crippen LogP contribution in [0, 0.1) is 5.92 Å². The average Bonchev–Trinajstić information content (AvgIpc) is 2.94. The van der Waals surface area contributed by atoms with Crippen LogP contribution in [-0.4, -0.2) is 34.3 Å². The number of hydrogen-bond acceptors (Lipinski definition) is 4. The van der Waals surface area contributed by atoms with E-state index in [-0.39, 0.29) is 24.2 Å². The summed E-state index contributed by atoms with van der Waals surface area (Å²) in [5.41, 5.74) is 0.751. The van der Waals surface area contributed by atoms with Crippen molar-refractivity contribution in [3.63, 3.8) is 0 Å². The highest BCUT2D eigenvalue weighted by atomic mass is 32.1. The molecule has 0 fully saturated rings. The molecule has 6 nitrogen and oxygen atoms in total. The molecule has 20 heavy (non-hydrogen) atoms. The lowest BCUT2D eigenvalue weighted by Gasteiger charge is -2.08. The fraction of sp³-hybridized carbons (Fsp3) is 0.462. The van der Waals surface area contributed by atoms with Crippen LogP contribution < -0.4 is 10.6 Å². The van der Waals surface area contributed by atoms with Gasteiger partial charge in [-0.3, -0.25) is 14.0 Å². The third-order valence-electron chi connectivity index (χ3n) is 2.76. The van der Waals surface area contributed by atoms with Gasteiger partial charge in [-0.05, 0) is 0 Å². The number of nitrogens with zero attached hydrogens (tertiary/aromatic N) is 2. The summed E-state index contributed by atoms with van der Waals surface area (Å²) in [5, 5.41) is 7.46. The maximum absolute atomic E-state index is 11.7. The lowest BCUT2D eigenvalue weighted by Crippen LogP contribution is -2.36. The zero-order chi connectivity index (χ0) is 14.5. The minimum absolute atomic E-state index is 0.00594. The maximum Gasteiger partial charge on any atom is 0.226 e. The molecule has 2 amide bonds. The molecule has 0 saturated carbocycles. The third kappa shape index (κ3) is 3.80. The van der Waals surface area contributed by atoms with E-state index in [1.807, 2.05) is 36.0 Å². The first-order valence-corrected chi connectivity index (χ1v) is 7.39. The van der Waals surface area contributed by atoms with Crippen molar-refractivity contribution in [1.29, 1.82) is 0 Å². The summed E-state index contributed by atoms with van der Waals surface area (Å²) in [6, 6.07) is 0. The number of fused-ring (bicyclic) bond motifs is 1. The molecule has 0 aliphatic heterocycles. The number of thiazole rings is 1. The summed E-state index contributed by atoms with van der Waals surface area (Å²) in [7, 11) is 0. The molecule has 0 radical (unpaired) electrons. The second-order valence-corrected chi connectivity index (χ2v) is 5.67. The van der Waals surface area contributed by atoms with Crippen molar-refractivity contribution >= 4 is 28.1 Å². The highest BCUT2D eigenvalue weighted by Crippen LogP contribution is 2.11. The standard InChI is InChI=1S/C13H18N4O2S/c1-9(2)12(19)15-4-3-14-11(18)7-10-8-17-5-6-20-13(17)16-10/h5-6,8-9H,3-4,7H2,1-2H3,(H,14,18)(H,15,19). The first kappa shape index (κ1) is 14.5. The van der Waals surface area contributed by atoms with Gasteiger partial charge in [0.15, 0.2) is 4.96 Å². The minimum atomic E-state index is -0.0884. The molecule has 0 aliphatic carbocycles. The van der Waals surface area contributed by atoms with Crippen LogP contribution in [-0.2, 0) is 16.0 Å². The Morgan fingerprint density at radius 1 is 1.35 bits per heavy atom. The average molecular weight is 294 g/mol. The zero-order valence-electron chi connectivity index (χ0n) is 11.5. The molecule has 0 spiro atoms. The van der Waals surface area contributed by atoms with Gasteiger partial charge in [0.2, 0.25) is 11.8 Å². The number of carbonyl (C=O) groups excluding carboxylic acids is 2. The van der Waals surface area contributed by atoms with E-state index in [1.54, 1.807) is 0 Å². The second-order valence-electron chi connectivity index (χ2n) is 4.80. The molecule has 2 aromatic rings. The van der Waals surface area contributed by atoms with Gasteiger partial charge in [-0.1, -0.05) is 13.8 Å². The Balaban J connectivity index is 1.70. The van der Waals surface area contributed by atoms with Crippen LogP contribution in [0.4, 0.5) is 0 Å². The number of carbonyl (C=O) groups is 2. The van der Waals surface area contributed by atoms with Gasteiger partial charge in [0.1, 0.15) is 0 Å². The van der Waals surface area contributed by atoms with Crippen LogP contribution >= 0.6 is 11.3 Å².